The van der Waals surface area contributed by atoms with Crippen molar-refractivity contribution >= 4 is 17.7 Å². The molecule has 1 aliphatic carbocycles. The van der Waals surface area contributed by atoms with E-state index in [0.717, 1.165) is 0 Å². The van der Waals surface area contributed by atoms with Crippen molar-refractivity contribution in [2.45, 2.75) is 33.1 Å². The summed E-state index contributed by atoms with van der Waals surface area (Å²) in [5.41, 5.74) is 2.45. The molecule has 3 rings (SSSR count). The first kappa shape index (κ1) is 26.3. The van der Waals surface area contributed by atoms with E-state index < -0.39 is 23.8 Å². The third-order valence-corrected chi connectivity index (χ3v) is 6.38. The molecule has 0 radical (unpaired) electrons. The van der Waals surface area contributed by atoms with Crippen LogP contribution in [0.3, 0.4) is 0 Å². The average Bonchev–Trinajstić information content (AvgIpc) is 2.84. The van der Waals surface area contributed by atoms with Crippen LogP contribution in [0, 0.1) is 11.8 Å². The van der Waals surface area contributed by atoms with Crippen LogP contribution in [0.5, 0.6) is 11.5 Å². The Bertz CT molecular complexity index is 1060. The molecule has 2 aliphatic rings. The minimum Gasteiger partial charge on any atom is -0.497 e. The predicted octanol–water partition coefficient (Wildman–Crippen LogP) is 2.90. The Morgan fingerprint density at radius 1 is 1.11 bits per heavy atom. The maximum absolute atomic E-state index is 13.8. The normalized spacial score (nSPS) is 21.8. The smallest absolute Gasteiger partial charge is 0.336 e. The molecule has 0 unspecified atom stereocenters. The summed E-state index contributed by atoms with van der Waals surface area (Å²) in [4.78, 5) is 39.7. The van der Waals surface area contributed by atoms with Gasteiger partial charge in [0.2, 0.25) is 0 Å². The number of hydrogen-bond acceptors (Lipinski definition) is 9. The number of hydrogen-bond donors (Lipinski definition) is 1. The molecule has 1 aromatic carbocycles. The molecule has 1 heterocycles. The van der Waals surface area contributed by atoms with Gasteiger partial charge >= 0.3 is 11.9 Å². The fourth-order valence-electron chi connectivity index (χ4n) is 4.73. The van der Waals surface area contributed by atoms with Crippen LogP contribution >= 0.6 is 0 Å². The Balaban J connectivity index is 2.15. The summed E-state index contributed by atoms with van der Waals surface area (Å²) in [6.45, 7) is 6.29. The second-order valence-electron chi connectivity index (χ2n) is 8.48. The molecule has 1 aliphatic heterocycles. The molecule has 1 N–H and O–H groups in total. The minimum absolute atomic E-state index is 0.0671. The lowest BCUT2D eigenvalue weighted by Gasteiger charge is -2.38. The van der Waals surface area contributed by atoms with Crippen molar-refractivity contribution in [1.29, 1.82) is 0 Å². The molecule has 0 saturated heterocycles. The van der Waals surface area contributed by atoms with Crippen molar-refractivity contribution in [1.82, 2.24) is 5.32 Å². The van der Waals surface area contributed by atoms with Crippen LogP contribution in [0.15, 0.2) is 40.7 Å². The number of ether oxygens (including phenoxy) is 5. The standard InChI is InChI=1S/C26H33NO8/c1-7-34-10-11-35-26(30)21-15(3)27-18-12-14(2)20(25(29)33-6)24(28)23(18)22(21)17-9-8-16(31-4)13-19(17)32-5/h8-9,13-14,20,22,27H,7,10-12H2,1-6H3/t14-,20+,22+/m1/s1. The lowest BCUT2D eigenvalue weighted by molar-refractivity contribution is -0.151. The molecule has 0 spiro atoms. The number of allylic oxidation sites excluding steroid dienone is 3. The zero-order chi connectivity index (χ0) is 25.7. The third kappa shape index (κ3) is 5.19. The molecular formula is C26H33NO8. The zero-order valence-electron chi connectivity index (χ0n) is 21.1. The van der Waals surface area contributed by atoms with Crippen LogP contribution in [0.2, 0.25) is 0 Å². The molecule has 9 heteroatoms. The molecule has 0 fully saturated rings. The van der Waals surface area contributed by atoms with Crippen molar-refractivity contribution in [3.63, 3.8) is 0 Å². The van der Waals surface area contributed by atoms with Crippen molar-refractivity contribution in [3.8, 4) is 11.5 Å². The van der Waals surface area contributed by atoms with Crippen LogP contribution in [0.4, 0.5) is 0 Å². The van der Waals surface area contributed by atoms with Gasteiger partial charge in [-0.05, 0) is 32.3 Å². The van der Waals surface area contributed by atoms with Gasteiger partial charge in [0.25, 0.3) is 0 Å². The number of methoxy groups -OCH3 is 3. The number of carbonyl (C=O) groups excluding carboxylic acids is 3. The number of benzene rings is 1. The highest BCUT2D eigenvalue weighted by atomic mass is 16.6. The van der Waals surface area contributed by atoms with E-state index in [-0.39, 0.29) is 30.5 Å². The third-order valence-electron chi connectivity index (χ3n) is 6.38. The van der Waals surface area contributed by atoms with Gasteiger partial charge in [0.05, 0.1) is 39.4 Å². The lowest BCUT2D eigenvalue weighted by Crippen LogP contribution is -2.43. The van der Waals surface area contributed by atoms with E-state index in [2.05, 4.69) is 5.32 Å². The van der Waals surface area contributed by atoms with Gasteiger partial charge in [-0.1, -0.05) is 13.0 Å². The molecule has 35 heavy (non-hydrogen) atoms. The van der Waals surface area contributed by atoms with Gasteiger partial charge in [-0.15, -0.1) is 0 Å². The summed E-state index contributed by atoms with van der Waals surface area (Å²) in [5.74, 6) is -2.60. The highest BCUT2D eigenvalue weighted by Crippen LogP contribution is 2.48. The summed E-state index contributed by atoms with van der Waals surface area (Å²) in [7, 11) is 4.31. The van der Waals surface area contributed by atoms with Gasteiger partial charge in [-0.2, -0.15) is 0 Å². The van der Waals surface area contributed by atoms with Crippen LogP contribution in [0.1, 0.15) is 38.7 Å². The number of dihydropyridines is 1. The molecule has 9 nitrogen and oxygen atoms in total. The monoisotopic (exact) mass is 487 g/mol. The van der Waals surface area contributed by atoms with Gasteiger partial charge in [0, 0.05) is 35.2 Å². The minimum atomic E-state index is -0.971. The first-order valence-corrected chi connectivity index (χ1v) is 11.6. The summed E-state index contributed by atoms with van der Waals surface area (Å²) in [6.07, 6.45) is 0.444. The summed E-state index contributed by atoms with van der Waals surface area (Å²) in [6, 6.07) is 5.19. The summed E-state index contributed by atoms with van der Waals surface area (Å²) < 4.78 is 26.7. The van der Waals surface area contributed by atoms with Crippen LogP contribution in [-0.4, -0.2) is 58.9 Å². The van der Waals surface area contributed by atoms with Crippen molar-refractivity contribution in [2.24, 2.45) is 11.8 Å². The lowest BCUT2D eigenvalue weighted by atomic mass is 9.69. The maximum atomic E-state index is 13.8. The van der Waals surface area contributed by atoms with Crippen molar-refractivity contribution < 1.29 is 38.1 Å². The van der Waals surface area contributed by atoms with Gasteiger partial charge in [-0.25, -0.2) is 4.79 Å². The Morgan fingerprint density at radius 2 is 1.86 bits per heavy atom. The second kappa shape index (κ2) is 11.4. The van der Waals surface area contributed by atoms with E-state index in [1.807, 2.05) is 13.8 Å². The Labute approximate surface area is 205 Å². The molecule has 1 aromatic rings. The Kier molecular flexibility index (Phi) is 8.56. The first-order chi connectivity index (χ1) is 16.8. The first-order valence-electron chi connectivity index (χ1n) is 11.6. The Hall–Kier alpha value is -3.33. The van der Waals surface area contributed by atoms with Crippen molar-refractivity contribution in [2.75, 3.05) is 41.2 Å². The van der Waals surface area contributed by atoms with E-state index in [9.17, 15) is 14.4 Å². The van der Waals surface area contributed by atoms with Crippen LogP contribution in [-0.2, 0) is 28.6 Å². The fourth-order valence-corrected chi connectivity index (χ4v) is 4.73. The zero-order valence-corrected chi connectivity index (χ0v) is 21.1. The molecule has 0 bridgehead atoms. The van der Waals surface area contributed by atoms with Gasteiger partial charge in [-0.3, -0.25) is 9.59 Å². The maximum Gasteiger partial charge on any atom is 0.336 e. The van der Waals surface area contributed by atoms with Crippen molar-refractivity contribution in [3.05, 3.63) is 46.3 Å². The van der Waals surface area contributed by atoms with E-state index in [1.54, 1.807) is 25.1 Å². The number of ketones is 1. The van der Waals surface area contributed by atoms with E-state index >= 15 is 0 Å². The number of nitrogens with one attached hydrogen (secondary N) is 1. The summed E-state index contributed by atoms with van der Waals surface area (Å²) >= 11 is 0. The van der Waals surface area contributed by atoms with E-state index in [1.165, 1.54) is 21.3 Å². The quantitative estimate of drug-likeness (QED) is 0.319. The average molecular weight is 488 g/mol. The number of esters is 2. The molecular weight excluding hydrogens is 454 g/mol. The molecule has 0 aromatic heterocycles. The van der Waals surface area contributed by atoms with E-state index in [0.29, 0.717) is 47.1 Å². The topological polar surface area (TPSA) is 109 Å². The number of Topliss-reactive ketones (excluding diaryl/α,β-unsaturated/α-hetero) is 1. The Morgan fingerprint density at radius 3 is 2.49 bits per heavy atom. The fraction of sp³-hybridized carbons (Fsp3) is 0.500. The largest absolute Gasteiger partial charge is 0.497 e. The predicted molar refractivity (Wildman–Crippen MR) is 127 cm³/mol. The van der Waals surface area contributed by atoms with Crippen LogP contribution < -0.4 is 14.8 Å². The molecule has 3 atom stereocenters. The number of rotatable bonds is 9. The highest BCUT2D eigenvalue weighted by molar-refractivity contribution is 6.12. The molecule has 190 valence electrons. The number of carbonyl (C=O) groups is 3. The van der Waals surface area contributed by atoms with Gasteiger partial charge in [0.15, 0.2) is 5.78 Å². The van der Waals surface area contributed by atoms with Crippen LogP contribution in [0.25, 0.3) is 0 Å². The molecule has 0 amide bonds. The van der Waals surface area contributed by atoms with Gasteiger partial charge in [0.1, 0.15) is 24.0 Å². The van der Waals surface area contributed by atoms with E-state index in [4.69, 9.17) is 23.7 Å². The highest BCUT2D eigenvalue weighted by Gasteiger charge is 2.47. The summed E-state index contributed by atoms with van der Waals surface area (Å²) in [5, 5.41) is 3.24. The SMILES string of the molecule is CCOCCOC(=O)C1=C(C)NC2=C(C(=O)[C@@H](C(=O)OC)[C@H](C)C2)[C@H]1c1ccc(OC)cc1OC. The molecule has 0 saturated carbocycles. The van der Waals surface area contributed by atoms with Gasteiger partial charge < -0.3 is 29.0 Å². The second-order valence-corrected chi connectivity index (χ2v) is 8.48.